The minimum atomic E-state index is -0.243. The average Bonchev–Trinajstić information content (AvgIpc) is 3.17. The number of nitrogens with zero attached hydrogens (tertiary/aromatic N) is 3. The van der Waals surface area contributed by atoms with E-state index < -0.39 is 0 Å². The van der Waals surface area contributed by atoms with Crippen LogP contribution in [0.2, 0.25) is 0 Å². The number of aromatic amines is 1. The SMILES string of the molecule is CCc1ccccc1NC(=O)N1CCc2[nH]cnc2C1c1cccnc1. The summed E-state index contributed by atoms with van der Waals surface area (Å²) in [5.74, 6) is 0. The van der Waals surface area contributed by atoms with Crippen LogP contribution in [0.15, 0.2) is 55.1 Å². The molecule has 1 aromatic carbocycles. The zero-order valence-electron chi connectivity index (χ0n) is 14.6. The molecule has 26 heavy (non-hydrogen) atoms. The molecule has 0 spiro atoms. The monoisotopic (exact) mass is 347 g/mol. The Bertz CT molecular complexity index is 905. The molecule has 2 N–H and O–H groups in total. The molecule has 2 amide bonds. The molecule has 0 saturated heterocycles. The van der Waals surface area contributed by atoms with Crippen molar-refractivity contribution < 1.29 is 4.79 Å². The normalized spacial score (nSPS) is 16.2. The van der Waals surface area contributed by atoms with Gasteiger partial charge in [-0.15, -0.1) is 0 Å². The molecular weight excluding hydrogens is 326 g/mol. The first-order valence-electron chi connectivity index (χ1n) is 8.85. The fraction of sp³-hybridized carbons (Fsp3) is 0.250. The van der Waals surface area contributed by atoms with Gasteiger partial charge in [-0.05, 0) is 29.7 Å². The van der Waals surface area contributed by atoms with E-state index in [1.807, 2.05) is 41.3 Å². The van der Waals surface area contributed by atoms with Crippen molar-refractivity contribution in [2.45, 2.75) is 25.8 Å². The molecule has 1 unspecified atom stereocenters. The number of benzene rings is 1. The summed E-state index contributed by atoms with van der Waals surface area (Å²) in [4.78, 5) is 26.9. The molecule has 3 aromatic rings. The molecule has 6 nitrogen and oxygen atoms in total. The topological polar surface area (TPSA) is 73.9 Å². The fourth-order valence-electron chi connectivity index (χ4n) is 3.51. The van der Waals surface area contributed by atoms with Gasteiger partial charge in [0.2, 0.25) is 0 Å². The summed E-state index contributed by atoms with van der Waals surface area (Å²) < 4.78 is 0. The summed E-state index contributed by atoms with van der Waals surface area (Å²) in [5, 5.41) is 3.08. The number of fused-ring (bicyclic) bond motifs is 1. The molecule has 2 aromatic heterocycles. The van der Waals surface area contributed by atoms with Crippen molar-refractivity contribution in [1.82, 2.24) is 19.9 Å². The van der Waals surface area contributed by atoms with Crippen molar-refractivity contribution in [3.63, 3.8) is 0 Å². The molecule has 0 fully saturated rings. The molecule has 0 aliphatic carbocycles. The first-order valence-corrected chi connectivity index (χ1v) is 8.85. The van der Waals surface area contributed by atoms with Gasteiger partial charge in [-0.3, -0.25) is 4.98 Å². The van der Waals surface area contributed by atoms with Crippen LogP contribution in [0.4, 0.5) is 10.5 Å². The molecule has 0 bridgehead atoms. The van der Waals surface area contributed by atoms with Crippen molar-refractivity contribution in [2.24, 2.45) is 0 Å². The third-order valence-corrected chi connectivity index (χ3v) is 4.83. The van der Waals surface area contributed by atoms with Gasteiger partial charge >= 0.3 is 6.03 Å². The molecule has 6 heteroatoms. The highest BCUT2D eigenvalue weighted by atomic mass is 16.2. The summed E-state index contributed by atoms with van der Waals surface area (Å²) >= 11 is 0. The van der Waals surface area contributed by atoms with Gasteiger partial charge in [-0.25, -0.2) is 9.78 Å². The number of urea groups is 1. The highest BCUT2D eigenvalue weighted by Crippen LogP contribution is 2.33. The lowest BCUT2D eigenvalue weighted by molar-refractivity contribution is 0.192. The molecule has 1 aliphatic rings. The summed E-state index contributed by atoms with van der Waals surface area (Å²) in [7, 11) is 0. The third-order valence-electron chi connectivity index (χ3n) is 4.83. The second-order valence-corrected chi connectivity index (χ2v) is 6.34. The minimum Gasteiger partial charge on any atom is -0.348 e. The van der Waals surface area contributed by atoms with Crippen LogP contribution in [0, 0.1) is 0 Å². The summed E-state index contributed by atoms with van der Waals surface area (Å²) in [5.41, 5.74) is 4.91. The Morgan fingerprint density at radius 2 is 2.19 bits per heavy atom. The maximum atomic E-state index is 13.1. The number of amides is 2. The van der Waals surface area contributed by atoms with Crippen molar-refractivity contribution in [1.29, 1.82) is 0 Å². The summed E-state index contributed by atoms with van der Waals surface area (Å²) in [6, 6.07) is 11.4. The van der Waals surface area contributed by atoms with Crippen molar-refractivity contribution in [3.05, 3.63) is 77.6 Å². The largest absolute Gasteiger partial charge is 0.348 e. The number of aryl methyl sites for hydroxylation is 1. The number of anilines is 1. The number of imidazole rings is 1. The first kappa shape index (κ1) is 16.3. The van der Waals surface area contributed by atoms with Gasteiger partial charge in [-0.2, -0.15) is 0 Å². The molecule has 1 aliphatic heterocycles. The van der Waals surface area contributed by atoms with Gasteiger partial charge in [-0.1, -0.05) is 31.2 Å². The number of nitrogens with one attached hydrogen (secondary N) is 2. The van der Waals surface area contributed by atoms with E-state index in [-0.39, 0.29) is 12.1 Å². The molecule has 132 valence electrons. The molecule has 3 heterocycles. The zero-order chi connectivity index (χ0) is 17.9. The highest BCUT2D eigenvalue weighted by molar-refractivity contribution is 5.91. The van der Waals surface area contributed by atoms with E-state index in [1.54, 1.807) is 18.7 Å². The number of H-pyrrole nitrogens is 1. The van der Waals surface area contributed by atoms with Gasteiger partial charge in [0.15, 0.2) is 0 Å². The van der Waals surface area contributed by atoms with Crippen molar-refractivity contribution >= 4 is 11.7 Å². The predicted octanol–water partition coefficient (Wildman–Crippen LogP) is 3.55. The third kappa shape index (κ3) is 2.94. The van der Waals surface area contributed by atoms with Crippen LogP contribution in [0.5, 0.6) is 0 Å². The smallest absolute Gasteiger partial charge is 0.322 e. The van der Waals surface area contributed by atoms with Crippen LogP contribution in [-0.4, -0.2) is 32.4 Å². The molecule has 0 saturated carbocycles. The minimum absolute atomic E-state index is 0.117. The Kier molecular flexibility index (Phi) is 4.39. The number of hydrogen-bond acceptors (Lipinski definition) is 3. The van der Waals surface area contributed by atoms with Crippen molar-refractivity contribution in [2.75, 3.05) is 11.9 Å². The van der Waals surface area contributed by atoms with E-state index in [1.165, 1.54) is 0 Å². The molecular formula is C20H21N5O. The fourth-order valence-corrected chi connectivity index (χ4v) is 3.51. The first-order chi connectivity index (χ1) is 12.8. The van der Waals surface area contributed by atoms with Gasteiger partial charge in [0.25, 0.3) is 0 Å². The Morgan fingerprint density at radius 3 is 3.00 bits per heavy atom. The Morgan fingerprint density at radius 1 is 1.31 bits per heavy atom. The van der Waals surface area contributed by atoms with E-state index in [4.69, 9.17) is 0 Å². The number of rotatable bonds is 3. The summed E-state index contributed by atoms with van der Waals surface area (Å²) in [6.45, 7) is 2.70. The number of carbonyl (C=O) groups excluding carboxylic acids is 1. The summed E-state index contributed by atoms with van der Waals surface area (Å²) in [6.07, 6.45) is 6.86. The average molecular weight is 347 g/mol. The van der Waals surface area contributed by atoms with Crippen LogP contribution < -0.4 is 5.32 Å². The second-order valence-electron chi connectivity index (χ2n) is 6.34. The van der Waals surface area contributed by atoms with Gasteiger partial charge in [0.1, 0.15) is 6.04 Å². The lowest BCUT2D eigenvalue weighted by atomic mass is 9.97. The van der Waals surface area contributed by atoms with Gasteiger partial charge in [0, 0.05) is 36.7 Å². The molecule has 0 radical (unpaired) electrons. The zero-order valence-corrected chi connectivity index (χ0v) is 14.6. The number of carbonyl (C=O) groups is 1. The molecule has 4 rings (SSSR count). The van der Waals surface area contributed by atoms with Gasteiger partial charge < -0.3 is 15.2 Å². The quantitative estimate of drug-likeness (QED) is 0.761. The van der Waals surface area contributed by atoms with E-state index in [0.29, 0.717) is 6.54 Å². The van der Waals surface area contributed by atoms with E-state index in [0.717, 1.165) is 41.0 Å². The highest BCUT2D eigenvalue weighted by Gasteiger charge is 2.34. The van der Waals surface area contributed by atoms with Crippen LogP contribution >= 0.6 is 0 Å². The lowest BCUT2D eigenvalue weighted by Gasteiger charge is -2.35. The van der Waals surface area contributed by atoms with Crippen LogP contribution in [-0.2, 0) is 12.8 Å². The van der Waals surface area contributed by atoms with E-state index in [9.17, 15) is 4.79 Å². The Hall–Kier alpha value is -3.15. The standard InChI is InChI=1S/C20H21N5O/c1-2-14-6-3-4-8-16(14)24-20(26)25-11-9-17-18(23-13-22-17)19(25)15-7-5-10-21-12-15/h3-8,10,12-13,19H,2,9,11H2,1H3,(H,22,23)(H,24,26). The number of para-hydroxylation sites is 1. The Balaban J connectivity index is 1.67. The Labute approximate surface area is 152 Å². The van der Waals surface area contributed by atoms with Crippen LogP contribution in [0.3, 0.4) is 0 Å². The maximum Gasteiger partial charge on any atom is 0.322 e. The van der Waals surface area contributed by atoms with Crippen molar-refractivity contribution in [3.8, 4) is 0 Å². The number of pyridine rings is 1. The van der Waals surface area contributed by atoms with E-state index in [2.05, 4.69) is 27.2 Å². The van der Waals surface area contributed by atoms with Gasteiger partial charge in [0.05, 0.1) is 12.0 Å². The predicted molar refractivity (Wildman–Crippen MR) is 99.9 cm³/mol. The second kappa shape index (κ2) is 7.00. The van der Waals surface area contributed by atoms with E-state index >= 15 is 0 Å². The molecule has 1 atom stereocenters. The van der Waals surface area contributed by atoms with Crippen LogP contribution in [0.1, 0.15) is 35.5 Å². The number of hydrogen-bond donors (Lipinski definition) is 2. The van der Waals surface area contributed by atoms with Crippen LogP contribution in [0.25, 0.3) is 0 Å². The lowest BCUT2D eigenvalue weighted by Crippen LogP contribution is -2.43. The maximum absolute atomic E-state index is 13.1. The number of aromatic nitrogens is 3.